The van der Waals surface area contributed by atoms with Gasteiger partial charge in [-0.2, -0.15) is 0 Å². The average molecular weight is 534 g/mol. The molecule has 0 aliphatic carbocycles. The van der Waals surface area contributed by atoms with Gasteiger partial charge in [0.1, 0.15) is 18.0 Å². The number of benzene rings is 1. The zero-order valence-corrected chi connectivity index (χ0v) is 21.6. The van der Waals surface area contributed by atoms with Gasteiger partial charge in [-0.25, -0.2) is 27.8 Å². The summed E-state index contributed by atoms with van der Waals surface area (Å²) in [6, 6.07) is 5.60. The van der Waals surface area contributed by atoms with Crippen LogP contribution in [0.25, 0.3) is 10.9 Å². The molecule has 36 heavy (non-hydrogen) atoms. The number of sulfone groups is 1. The molecule has 1 aliphatic heterocycles. The van der Waals surface area contributed by atoms with Gasteiger partial charge >= 0.3 is 0 Å². The molecule has 0 amide bonds. The Balaban J connectivity index is 1.35. The summed E-state index contributed by atoms with van der Waals surface area (Å²) in [6.45, 7) is 6.03. The van der Waals surface area contributed by atoms with Gasteiger partial charge in [0.25, 0.3) is 0 Å². The van der Waals surface area contributed by atoms with Crippen molar-refractivity contribution in [3.05, 3.63) is 47.6 Å². The van der Waals surface area contributed by atoms with Crippen LogP contribution in [-0.2, 0) is 9.84 Å². The Hall–Kier alpha value is -2.73. The number of fused-ring (bicyclic) bond motifs is 1. The van der Waals surface area contributed by atoms with Crippen LogP contribution in [0.3, 0.4) is 0 Å². The number of likely N-dealkylation sites (N-methyl/N-ethyl adjacent to an activating group) is 1. The van der Waals surface area contributed by atoms with E-state index in [0.717, 1.165) is 45.6 Å². The van der Waals surface area contributed by atoms with E-state index < -0.39 is 15.7 Å². The highest BCUT2D eigenvalue weighted by atomic mass is 35.5. The number of aliphatic imine (C=N–C) groups is 1. The smallest absolute Gasteiger partial charge is 0.200 e. The maximum absolute atomic E-state index is 13.5. The number of pyridine rings is 1. The molecule has 1 fully saturated rings. The van der Waals surface area contributed by atoms with Crippen molar-refractivity contribution >= 4 is 50.1 Å². The molecule has 0 bridgehead atoms. The Bertz CT molecular complexity index is 1330. The van der Waals surface area contributed by atoms with Crippen LogP contribution in [0.4, 0.5) is 15.9 Å². The molecule has 2 aromatic heterocycles. The molecule has 3 aromatic rings. The van der Waals surface area contributed by atoms with Crippen molar-refractivity contribution in [2.75, 3.05) is 57.4 Å². The quantitative estimate of drug-likeness (QED) is 0.312. The first kappa shape index (κ1) is 26.3. The largest absolute Gasteiger partial charge is 0.340 e. The number of halogens is 2. The highest BCUT2D eigenvalue weighted by molar-refractivity contribution is 7.92. The number of nitrogens with zero attached hydrogens (tertiary/aromatic N) is 6. The fraction of sp³-hybridized carbons (Fsp3) is 0.417. The van der Waals surface area contributed by atoms with E-state index in [9.17, 15) is 12.8 Å². The van der Waals surface area contributed by atoms with Gasteiger partial charge < -0.3 is 15.1 Å². The van der Waals surface area contributed by atoms with Gasteiger partial charge in [-0.1, -0.05) is 11.6 Å². The van der Waals surface area contributed by atoms with Crippen molar-refractivity contribution in [1.29, 1.82) is 0 Å². The third-order valence-corrected chi connectivity index (χ3v) is 7.77. The molecule has 4 rings (SSSR count). The molecule has 0 unspecified atom stereocenters. The van der Waals surface area contributed by atoms with Crippen LogP contribution in [-0.4, -0.2) is 91.5 Å². The van der Waals surface area contributed by atoms with Gasteiger partial charge in [0.05, 0.1) is 22.5 Å². The molecule has 9 nitrogen and oxygen atoms in total. The number of piperazine rings is 1. The van der Waals surface area contributed by atoms with Gasteiger partial charge in [0.15, 0.2) is 5.03 Å². The number of hydrogen-bond acceptors (Lipinski definition) is 9. The molecular formula is C24H29ClFN7O2S. The maximum Gasteiger partial charge on any atom is 0.200 e. The summed E-state index contributed by atoms with van der Waals surface area (Å²) >= 11 is 5.86. The molecule has 0 radical (unpaired) electrons. The number of anilines is 2. The van der Waals surface area contributed by atoms with Crippen molar-refractivity contribution in [3.63, 3.8) is 0 Å². The van der Waals surface area contributed by atoms with Crippen molar-refractivity contribution in [2.45, 2.75) is 17.9 Å². The molecule has 12 heteroatoms. The monoisotopic (exact) mass is 533 g/mol. The molecule has 0 spiro atoms. The number of aromatic nitrogens is 3. The SMILES string of the molecule is CN1CCN(CCCCN=CCS(=O)(=O)c2cc3c(Nc4ccc(F)c(Cl)c4)ncnc3cn2)CC1. The van der Waals surface area contributed by atoms with E-state index in [2.05, 4.69) is 42.1 Å². The van der Waals surface area contributed by atoms with E-state index >= 15 is 0 Å². The molecule has 0 saturated carbocycles. The van der Waals surface area contributed by atoms with E-state index in [1.165, 1.54) is 43.0 Å². The Labute approximate surface area is 215 Å². The van der Waals surface area contributed by atoms with E-state index in [0.29, 0.717) is 29.0 Å². The Morgan fingerprint density at radius 2 is 1.94 bits per heavy atom. The standard InChI is InChI=1S/C24H29ClFN7O2S/c1-32-9-11-33(12-10-32)8-3-2-6-27-7-13-36(34,35)23-15-19-22(16-28-23)29-17-30-24(19)31-18-4-5-21(26)20(25)14-18/h4-5,7,14-17H,2-3,6,8-13H2,1H3,(H,29,30,31). The van der Waals surface area contributed by atoms with Crippen molar-refractivity contribution in [1.82, 2.24) is 24.8 Å². The first-order valence-corrected chi connectivity index (χ1v) is 13.8. The number of hydrogen-bond donors (Lipinski definition) is 1. The van der Waals surface area contributed by atoms with E-state index in [1.807, 2.05) is 0 Å². The highest BCUT2D eigenvalue weighted by Crippen LogP contribution is 2.27. The Morgan fingerprint density at radius 1 is 1.14 bits per heavy atom. The number of unbranched alkanes of at least 4 members (excludes halogenated alkanes) is 1. The molecule has 3 heterocycles. The van der Waals surface area contributed by atoms with Crippen molar-refractivity contribution in [2.24, 2.45) is 4.99 Å². The van der Waals surface area contributed by atoms with Crippen LogP contribution in [0.2, 0.25) is 5.02 Å². The molecule has 1 aliphatic rings. The first-order chi connectivity index (χ1) is 17.3. The fourth-order valence-electron chi connectivity index (χ4n) is 3.86. The average Bonchev–Trinajstić information content (AvgIpc) is 2.86. The topological polar surface area (TPSA) is 104 Å². The van der Waals surface area contributed by atoms with Gasteiger partial charge in [-0.05, 0) is 50.7 Å². The fourth-order valence-corrected chi connectivity index (χ4v) is 5.02. The second-order valence-corrected chi connectivity index (χ2v) is 11.1. The van der Waals surface area contributed by atoms with Gasteiger partial charge in [0, 0.05) is 50.0 Å². The third kappa shape index (κ3) is 6.94. The molecule has 192 valence electrons. The lowest BCUT2D eigenvalue weighted by molar-refractivity contribution is 0.152. The number of nitrogens with one attached hydrogen (secondary N) is 1. The lowest BCUT2D eigenvalue weighted by Gasteiger charge is -2.32. The summed E-state index contributed by atoms with van der Waals surface area (Å²) in [5.74, 6) is -0.423. The molecule has 1 saturated heterocycles. The molecular weight excluding hydrogens is 505 g/mol. The Kier molecular flexibility index (Phi) is 8.78. The molecule has 1 N–H and O–H groups in total. The van der Waals surface area contributed by atoms with E-state index in [1.54, 1.807) is 0 Å². The second kappa shape index (κ2) is 12.0. The zero-order chi connectivity index (χ0) is 25.5. The minimum atomic E-state index is -3.70. The van der Waals surface area contributed by atoms with Crippen molar-refractivity contribution in [3.8, 4) is 0 Å². The maximum atomic E-state index is 13.5. The van der Waals surface area contributed by atoms with Crippen LogP contribution in [0, 0.1) is 5.82 Å². The summed E-state index contributed by atoms with van der Waals surface area (Å²) < 4.78 is 39.2. The predicted molar refractivity (Wildman–Crippen MR) is 141 cm³/mol. The zero-order valence-electron chi connectivity index (χ0n) is 20.1. The summed E-state index contributed by atoms with van der Waals surface area (Å²) in [6.07, 6.45) is 6.12. The Morgan fingerprint density at radius 3 is 2.72 bits per heavy atom. The van der Waals surface area contributed by atoms with Crippen LogP contribution in [0.1, 0.15) is 12.8 Å². The second-order valence-electron chi connectivity index (χ2n) is 8.74. The molecule has 0 atom stereocenters. The minimum Gasteiger partial charge on any atom is -0.340 e. The summed E-state index contributed by atoms with van der Waals surface area (Å²) in [5.41, 5.74) is 0.969. The lowest BCUT2D eigenvalue weighted by Crippen LogP contribution is -2.44. The van der Waals surface area contributed by atoms with Crippen molar-refractivity contribution < 1.29 is 12.8 Å². The summed E-state index contributed by atoms with van der Waals surface area (Å²) in [5, 5.41) is 3.37. The normalized spacial score (nSPS) is 15.6. The van der Waals surface area contributed by atoms with Crippen LogP contribution in [0.5, 0.6) is 0 Å². The lowest BCUT2D eigenvalue weighted by atomic mass is 10.2. The predicted octanol–water partition coefficient (Wildman–Crippen LogP) is 3.43. The van der Waals surface area contributed by atoms with Crippen LogP contribution >= 0.6 is 11.6 Å². The van der Waals surface area contributed by atoms with E-state index in [-0.39, 0.29) is 15.8 Å². The summed E-state index contributed by atoms with van der Waals surface area (Å²) in [7, 11) is -1.56. The van der Waals surface area contributed by atoms with Crippen LogP contribution in [0.15, 0.2) is 46.8 Å². The van der Waals surface area contributed by atoms with Gasteiger partial charge in [-0.15, -0.1) is 0 Å². The molecule has 1 aromatic carbocycles. The third-order valence-electron chi connectivity index (χ3n) is 6.03. The number of rotatable bonds is 10. The minimum absolute atomic E-state index is 0.0399. The highest BCUT2D eigenvalue weighted by Gasteiger charge is 2.17. The summed E-state index contributed by atoms with van der Waals surface area (Å²) in [4.78, 5) is 21.5. The van der Waals surface area contributed by atoms with Crippen LogP contribution < -0.4 is 5.32 Å². The first-order valence-electron chi connectivity index (χ1n) is 11.8. The van der Waals surface area contributed by atoms with Gasteiger partial charge in [-0.3, -0.25) is 4.99 Å². The van der Waals surface area contributed by atoms with E-state index in [4.69, 9.17) is 11.6 Å². The van der Waals surface area contributed by atoms with Gasteiger partial charge in [0.2, 0.25) is 9.84 Å².